The van der Waals surface area contributed by atoms with Crippen molar-refractivity contribution in [2.45, 2.75) is 33.1 Å². The van der Waals surface area contributed by atoms with Gasteiger partial charge in [0.25, 0.3) is 0 Å². The summed E-state index contributed by atoms with van der Waals surface area (Å²) < 4.78 is 0. The minimum atomic E-state index is -0.143. The summed E-state index contributed by atoms with van der Waals surface area (Å²) in [6.45, 7) is 4.05. The Labute approximate surface area is 149 Å². The number of hydrogen-bond acceptors (Lipinski definition) is 2. The fraction of sp³-hybridized carbons (Fsp3) is 0.391. The summed E-state index contributed by atoms with van der Waals surface area (Å²) in [7, 11) is 0. The van der Waals surface area contributed by atoms with Crippen LogP contribution in [-0.4, -0.2) is 11.6 Å². The first-order valence-corrected chi connectivity index (χ1v) is 9.26. The highest BCUT2D eigenvalue weighted by Gasteiger charge is 2.53. The normalized spacial score (nSPS) is 27.4. The fourth-order valence-corrected chi connectivity index (χ4v) is 4.87. The second-order valence-electron chi connectivity index (χ2n) is 7.85. The van der Waals surface area contributed by atoms with Gasteiger partial charge in [0, 0.05) is 23.0 Å². The van der Waals surface area contributed by atoms with Crippen LogP contribution in [-0.2, 0) is 0 Å². The first kappa shape index (κ1) is 16.3. The Morgan fingerprint density at radius 1 is 0.680 bits per heavy atom. The van der Waals surface area contributed by atoms with E-state index in [1.54, 1.807) is 0 Å². The Morgan fingerprint density at radius 2 is 1.04 bits per heavy atom. The smallest absolute Gasteiger partial charge is 0.166 e. The van der Waals surface area contributed by atoms with E-state index in [4.69, 9.17) is 0 Å². The minimum Gasteiger partial charge on any atom is -0.294 e. The highest BCUT2D eigenvalue weighted by Crippen LogP contribution is 2.54. The van der Waals surface area contributed by atoms with Gasteiger partial charge >= 0.3 is 0 Å². The number of hydrogen-bond donors (Lipinski definition) is 0. The Morgan fingerprint density at radius 3 is 1.40 bits per heavy atom. The van der Waals surface area contributed by atoms with E-state index in [2.05, 4.69) is 0 Å². The minimum absolute atomic E-state index is 0.143. The average molecular weight is 332 g/mol. The third-order valence-corrected chi connectivity index (χ3v) is 6.19. The standard InChI is InChI=1S/C23H24O2/c1-14-3-7-16(8-4-14)22(24)20-18-11-12-19(13-18)21(20)23(25)17-9-5-15(2)6-10-17/h3-10,18-21H,11-13H2,1-2H3/t18-,19+,20-,21+. The number of rotatable bonds is 4. The van der Waals surface area contributed by atoms with Crippen LogP contribution in [0.15, 0.2) is 48.5 Å². The molecule has 0 radical (unpaired) electrons. The molecule has 2 aliphatic rings. The zero-order valence-electron chi connectivity index (χ0n) is 14.9. The Hall–Kier alpha value is -2.22. The second kappa shape index (κ2) is 6.25. The molecule has 0 amide bonds. The fourth-order valence-electron chi connectivity index (χ4n) is 4.87. The highest BCUT2D eigenvalue weighted by molar-refractivity contribution is 6.05. The van der Waals surface area contributed by atoms with Crippen molar-refractivity contribution in [3.63, 3.8) is 0 Å². The number of carbonyl (C=O) groups excluding carboxylic acids is 2. The van der Waals surface area contributed by atoms with E-state index < -0.39 is 0 Å². The van der Waals surface area contributed by atoms with Crippen LogP contribution in [0.1, 0.15) is 51.1 Å². The van der Waals surface area contributed by atoms with Crippen molar-refractivity contribution in [2.24, 2.45) is 23.7 Å². The lowest BCUT2D eigenvalue weighted by Crippen LogP contribution is -2.35. The van der Waals surface area contributed by atoms with Crippen LogP contribution in [0.5, 0.6) is 0 Å². The molecular formula is C23H24O2. The molecule has 4 atom stereocenters. The lowest BCUT2D eigenvalue weighted by Gasteiger charge is -2.29. The second-order valence-corrected chi connectivity index (χ2v) is 7.85. The van der Waals surface area contributed by atoms with Gasteiger partial charge in [-0.25, -0.2) is 0 Å². The van der Waals surface area contributed by atoms with Gasteiger partial charge in [0.15, 0.2) is 11.6 Å². The predicted octanol–water partition coefficient (Wildman–Crippen LogP) is 5.03. The molecular weight excluding hydrogens is 308 g/mol. The molecule has 2 heteroatoms. The predicted molar refractivity (Wildman–Crippen MR) is 98.8 cm³/mol. The molecule has 2 bridgehead atoms. The van der Waals surface area contributed by atoms with E-state index in [9.17, 15) is 9.59 Å². The summed E-state index contributed by atoms with van der Waals surface area (Å²) in [4.78, 5) is 26.4. The Kier molecular flexibility index (Phi) is 4.07. The van der Waals surface area contributed by atoms with Crippen LogP contribution < -0.4 is 0 Å². The number of aryl methyl sites for hydroxylation is 2. The Balaban J connectivity index is 1.65. The molecule has 0 aliphatic heterocycles. The zero-order chi connectivity index (χ0) is 17.6. The number of Topliss-reactive ketones (excluding diaryl/α,β-unsaturated/α-hetero) is 2. The maximum atomic E-state index is 13.2. The van der Waals surface area contributed by atoms with Crippen molar-refractivity contribution in [3.8, 4) is 0 Å². The third-order valence-electron chi connectivity index (χ3n) is 6.19. The third kappa shape index (κ3) is 2.84. The van der Waals surface area contributed by atoms with Gasteiger partial charge in [-0.15, -0.1) is 0 Å². The topological polar surface area (TPSA) is 34.1 Å². The van der Waals surface area contributed by atoms with Crippen LogP contribution in [0.2, 0.25) is 0 Å². The van der Waals surface area contributed by atoms with E-state index >= 15 is 0 Å². The number of carbonyl (C=O) groups is 2. The molecule has 0 aromatic heterocycles. The van der Waals surface area contributed by atoms with E-state index in [0.717, 1.165) is 41.5 Å². The summed E-state index contributed by atoms with van der Waals surface area (Å²) >= 11 is 0. The molecule has 0 heterocycles. The average Bonchev–Trinajstić information content (AvgIpc) is 3.23. The van der Waals surface area contributed by atoms with Crippen LogP contribution in [0.25, 0.3) is 0 Å². The van der Waals surface area contributed by atoms with Crippen molar-refractivity contribution in [1.29, 1.82) is 0 Å². The molecule has 2 saturated carbocycles. The van der Waals surface area contributed by atoms with E-state index in [1.807, 2.05) is 62.4 Å². The van der Waals surface area contributed by atoms with Gasteiger partial charge in [-0.1, -0.05) is 59.7 Å². The number of fused-ring (bicyclic) bond motifs is 2. The van der Waals surface area contributed by atoms with Gasteiger partial charge < -0.3 is 0 Å². The molecule has 128 valence electrons. The first-order valence-electron chi connectivity index (χ1n) is 9.26. The molecule has 2 aromatic carbocycles. The monoisotopic (exact) mass is 332 g/mol. The first-order chi connectivity index (χ1) is 12.0. The largest absolute Gasteiger partial charge is 0.294 e. The maximum absolute atomic E-state index is 13.2. The molecule has 0 unspecified atom stereocenters. The molecule has 25 heavy (non-hydrogen) atoms. The van der Waals surface area contributed by atoms with Gasteiger partial charge in [-0.3, -0.25) is 9.59 Å². The lowest BCUT2D eigenvalue weighted by atomic mass is 9.72. The molecule has 2 fully saturated rings. The van der Waals surface area contributed by atoms with E-state index in [1.165, 1.54) is 0 Å². The molecule has 0 N–H and O–H groups in total. The number of benzene rings is 2. The van der Waals surface area contributed by atoms with Crippen LogP contribution >= 0.6 is 0 Å². The SMILES string of the molecule is Cc1ccc(C(=O)[C@@H]2[C@@H]3CC[C@@H](C3)[C@@H]2C(=O)c2ccc(C)cc2)cc1. The summed E-state index contributed by atoms with van der Waals surface area (Å²) in [5, 5.41) is 0. The summed E-state index contributed by atoms with van der Waals surface area (Å²) in [6, 6.07) is 15.6. The molecule has 0 saturated heterocycles. The van der Waals surface area contributed by atoms with E-state index in [-0.39, 0.29) is 23.4 Å². The molecule has 4 rings (SSSR count). The highest BCUT2D eigenvalue weighted by atomic mass is 16.1. The number of ketones is 2. The van der Waals surface area contributed by atoms with E-state index in [0.29, 0.717) is 11.8 Å². The lowest BCUT2D eigenvalue weighted by molar-refractivity contribution is 0.0694. The Bertz CT molecular complexity index is 731. The van der Waals surface area contributed by atoms with Crippen molar-refractivity contribution in [2.75, 3.05) is 0 Å². The van der Waals surface area contributed by atoms with Crippen molar-refractivity contribution < 1.29 is 9.59 Å². The molecule has 2 aromatic rings. The molecule has 2 nitrogen and oxygen atoms in total. The molecule has 0 spiro atoms. The zero-order valence-corrected chi connectivity index (χ0v) is 14.9. The molecule has 2 aliphatic carbocycles. The summed E-state index contributed by atoms with van der Waals surface area (Å²) in [5.41, 5.74) is 3.81. The van der Waals surface area contributed by atoms with Gasteiger partial charge in [0.1, 0.15) is 0 Å². The van der Waals surface area contributed by atoms with Crippen LogP contribution in [0.3, 0.4) is 0 Å². The van der Waals surface area contributed by atoms with Crippen LogP contribution in [0.4, 0.5) is 0 Å². The quantitative estimate of drug-likeness (QED) is 0.736. The summed E-state index contributed by atoms with van der Waals surface area (Å²) in [6.07, 6.45) is 3.21. The van der Waals surface area contributed by atoms with Crippen molar-refractivity contribution >= 4 is 11.6 Å². The van der Waals surface area contributed by atoms with Crippen LogP contribution in [0, 0.1) is 37.5 Å². The van der Waals surface area contributed by atoms with Crippen molar-refractivity contribution in [1.82, 2.24) is 0 Å². The maximum Gasteiger partial charge on any atom is 0.166 e. The van der Waals surface area contributed by atoms with Crippen molar-refractivity contribution in [3.05, 3.63) is 70.8 Å². The summed E-state index contributed by atoms with van der Waals surface area (Å²) in [5.74, 6) is 0.789. The van der Waals surface area contributed by atoms with Gasteiger partial charge in [0.05, 0.1) is 0 Å². The van der Waals surface area contributed by atoms with Gasteiger partial charge in [-0.05, 0) is 44.9 Å². The van der Waals surface area contributed by atoms with Gasteiger partial charge in [-0.2, -0.15) is 0 Å². The van der Waals surface area contributed by atoms with Gasteiger partial charge in [0.2, 0.25) is 0 Å².